The Morgan fingerprint density at radius 2 is 1.03 bits per heavy atom. The third kappa shape index (κ3) is 3.90. The van der Waals surface area contributed by atoms with E-state index in [0.29, 0.717) is 17.2 Å². The fourth-order valence-corrected chi connectivity index (χ4v) is 4.53. The monoisotopic (exact) mass is 476 g/mol. The number of nitrogens with zero attached hydrogens (tertiary/aromatic N) is 2. The van der Waals surface area contributed by atoms with Crippen molar-refractivity contribution >= 4 is 46.4 Å². The highest BCUT2D eigenvalue weighted by Crippen LogP contribution is 2.43. The van der Waals surface area contributed by atoms with Gasteiger partial charge in [-0.05, 0) is 84.5 Å². The summed E-state index contributed by atoms with van der Waals surface area (Å²) in [4.78, 5) is 16.7. The third-order valence-electron chi connectivity index (χ3n) is 6.17. The van der Waals surface area contributed by atoms with Gasteiger partial charge in [0, 0.05) is 27.6 Å². The lowest BCUT2D eigenvalue weighted by atomic mass is 10.0. The Morgan fingerprint density at radius 3 is 1.47 bits per heavy atom. The number of aromatic nitrogens is 4. The van der Waals surface area contributed by atoms with E-state index in [2.05, 4.69) is 28.2 Å². The highest BCUT2D eigenvalue weighted by atomic mass is 16.5. The fourth-order valence-electron chi connectivity index (χ4n) is 4.53. The molecule has 5 heterocycles. The largest absolute Gasteiger partial charge is 0.493 e. The topological polar surface area (TPSA) is 85.1 Å². The number of rotatable bonds is 4. The van der Waals surface area contributed by atoms with Crippen LogP contribution in [0.5, 0.6) is 17.2 Å². The molecule has 7 nitrogen and oxygen atoms in total. The minimum atomic E-state index is 0.536. The molecule has 0 saturated heterocycles. The van der Waals surface area contributed by atoms with Gasteiger partial charge in [0.25, 0.3) is 0 Å². The van der Waals surface area contributed by atoms with Crippen molar-refractivity contribution in [3.8, 4) is 28.4 Å². The molecule has 0 amide bonds. The summed E-state index contributed by atoms with van der Waals surface area (Å²) in [5.41, 5.74) is 8.97. The number of nitrogens with one attached hydrogen (secondary N) is 2. The Bertz CT molecular complexity index is 1590. The molecule has 2 N–H and O–H groups in total. The zero-order valence-electron chi connectivity index (χ0n) is 20.1. The van der Waals surface area contributed by atoms with Crippen molar-refractivity contribution in [2.45, 2.75) is 0 Å². The first-order valence-corrected chi connectivity index (χ1v) is 11.5. The van der Waals surface area contributed by atoms with Gasteiger partial charge in [0.05, 0.1) is 44.1 Å². The maximum atomic E-state index is 5.63. The number of H-pyrrole nitrogens is 2. The van der Waals surface area contributed by atoms with Crippen LogP contribution in [0.4, 0.5) is 0 Å². The average Bonchev–Trinajstić information content (AvgIpc) is 3.69. The van der Waals surface area contributed by atoms with E-state index in [1.54, 1.807) is 21.3 Å². The predicted octanol–water partition coefficient (Wildman–Crippen LogP) is 6.35. The van der Waals surface area contributed by atoms with Crippen molar-refractivity contribution in [2.24, 2.45) is 0 Å². The number of hydrogen-bond acceptors (Lipinski definition) is 5. The Morgan fingerprint density at radius 1 is 0.556 bits per heavy atom. The molecule has 0 unspecified atom stereocenters. The van der Waals surface area contributed by atoms with Crippen LogP contribution in [0.2, 0.25) is 0 Å². The Labute approximate surface area is 207 Å². The Balaban J connectivity index is 1.70. The SMILES string of the molecule is COc1cc(-c2c3nc(cc4ccc(cc5ccc(cc6nc2C=C6)[nH]5)[nH]4)C=C3)cc(OC)c1OC. The zero-order chi connectivity index (χ0) is 24.6. The van der Waals surface area contributed by atoms with Crippen molar-refractivity contribution in [1.82, 2.24) is 19.9 Å². The molecule has 7 heteroatoms. The van der Waals surface area contributed by atoms with Crippen LogP contribution in [0.3, 0.4) is 0 Å². The molecule has 178 valence electrons. The van der Waals surface area contributed by atoms with Crippen molar-refractivity contribution < 1.29 is 14.2 Å². The summed E-state index contributed by atoms with van der Waals surface area (Å²) in [5, 5.41) is 0. The molecule has 36 heavy (non-hydrogen) atoms. The minimum Gasteiger partial charge on any atom is -0.493 e. The molecule has 0 fully saturated rings. The van der Waals surface area contributed by atoms with Crippen LogP contribution in [-0.4, -0.2) is 41.3 Å². The number of hydrogen-bond donors (Lipinski definition) is 2. The molecule has 3 aromatic heterocycles. The predicted molar refractivity (Wildman–Crippen MR) is 144 cm³/mol. The molecule has 6 rings (SSSR count). The van der Waals surface area contributed by atoms with Crippen LogP contribution in [0.25, 0.3) is 57.5 Å². The van der Waals surface area contributed by atoms with E-state index in [4.69, 9.17) is 24.2 Å². The third-order valence-corrected chi connectivity index (χ3v) is 6.17. The van der Waals surface area contributed by atoms with Crippen molar-refractivity contribution in [3.63, 3.8) is 0 Å². The highest BCUT2D eigenvalue weighted by molar-refractivity contribution is 5.90. The van der Waals surface area contributed by atoms with Gasteiger partial charge in [-0.1, -0.05) is 0 Å². The fraction of sp³-hybridized carbons (Fsp3) is 0.103. The van der Waals surface area contributed by atoms with E-state index >= 15 is 0 Å². The lowest BCUT2D eigenvalue weighted by Gasteiger charge is -2.15. The Kier molecular flexibility index (Phi) is 5.30. The molecule has 0 spiro atoms. The van der Waals surface area contributed by atoms with Gasteiger partial charge in [0.2, 0.25) is 5.75 Å². The first-order valence-electron chi connectivity index (χ1n) is 11.5. The van der Waals surface area contributed by atoms with Gasteiger partial charge < -0.3 is 24.2 Å². The highest BCUT2D eigenvalue weighted by Gasteiger charge is 2.19. The average molecular weight is 477 g/mol. The van der Waals surface area contributed by atoms with Crippen molar-refractivity contribution in [2.75, 3.05) is 21.3 Å². The van der Waals surface area contributed by atoms with Gasteiger partial charge in [0.1, 0.15) is 0 Å². The first kappa shape index (κ1) is 21.7. The summed E-state index contributed by atoms with van der Waals surface area (Å²) in [6.45, 7) is 0. The number of benzene rings is 1. The smallest absolute Gasteiger partial charge is 0.203 e. The van der Waals surface area contributed by atoms with Gasteiger partial charge in [-0.2, -0.15) is 0 Å². The van der Waals surface area contributed by atoms with Gasteiger partial charge in [-0.25, -0.2) is 9.97 Å². The summed E-state index contributed by atoms with van der Waals surface area (Å²) in [7, 11) is 4.81. The number of methoxy groups -OCH3 is 3. The van der Waals surface area contributed by atoms with Crippen LogP contribution >= 0.6 is 0 Å². The lowest BCUT2D eigenvalue weighted by molar-refractivity contribution is 0.324. The van der Waals surface area contributed by atoms with E-state index < -0.39 is 0 Å². The quantitative estimate of drug-likeness (QED) is 0.310. The van der Waals surface area contributed by atoms with Gasteiger partial charge >= 0.3 is 0 Å². The maximum absolute atomic E-state index is 5.63. The molecule has 0 saturated carbocycles. The van der Waals surface area contributed by atoms with Crippen LogP contribution in [0.15, 0.2) is 54.6 Å². The molecule has 2 aliphatic heterocycles. The normalized spacial score (nSPS) is 12.1. The van der Waals surface area contributed by atoms with E-state index in [9.17, 15) is 0 Å². The molecular weight excluding hydrogens is 452 g/mol. The first-order chi connectivity index (χ1) is 17.6. The van der Waals surface area contributed by atoms with Crippen LogP contribution < -0.4 is 14.2 Å². The van der Waals surface area contributed by atoms with E-state index in [1.807, 2.05) is 60.7 Å². The molecule has 4 aromatic rings. The van der Waals surface area contributed by atoms with Gasteiger partial charge in [-0.3, -0.25) is 0 Å². The molecular formula is C29H24N4O3. The molecule has 0 radical (unpaired) electrons. The van der Waals surface area contributed by atoms with Crippen LogP contribution in [-0.2, 0) is 0 Å². The van der Waals surface area contributed by atoms with E-state index in [-0.39, 0.29) is 0 Å². The summed E-state index contributed by atoms with van der Waals surface area (Å²) >= 11 is 0. The minimum absolute atomic E-state index is 0.536. The summed E-state index contributed by atoms with van der Waals surface area (Å²) in [5.74, 6) is 1.67. The standard InChI is InChI=1S/C29H24N4O3/c1-34-26-12-17(13-27(35-2)29(26)36-3)28-24-10-8-22(32-24)15-20-6-4-18(30-20)14-19-5-7-21(31-19)16-23-9-11-25(28)33-23/h4-16,30-31H,1-3H3. The lowest BCUT2D eigenvalue weighted by Crippen LogP contribution is -1.97. The second-order valence-corrected chi connectivity index (χ2v) is 8.47. The molecule has 0 aliphatic carbocycles. The molecule has 2 aliphatic rings. The molecule has 0 atom stereocenters. The second-order valence-electron chi connectivity index (χ2n) is 8.47. The van der Waals surface area contributed by atoms with Crippen LogP contribution in [0.1, 0.15) is 22.8 Å². The van der Waals surface area contributed by atoms with Gasteiger partial charge in [0.15, 0.2) is 11.5 Å². The zero-order valence-corrected chi connectivity index (χ0v) is 20.1. The number of fused-ring (bicyclic) bond motifs is 8. The number of ether oxygens (including phenoxy) is 3. The van der Waals surface area contributed by atoms with Gasteiger partial charge in [-0.15, -0.1) is 0 Å². The van der Waals surface area contributed by atoms with E-state index in [1.165, 1.54) is 0 Å². The number of aromatic amines is 2. The summed E-state index contributed by atoms with van der Waals surface area (Å²) in [6, 6.07) is 18.2. The Hall–Kier alpha value is -4.78. The molecule has 8 bridgehead atoms. The van der Waals surface area contributed by atoms with Crippen molar-refractivity contribution in [3.05, 3.63) is 77.4 Å². The molecule has 1 aromatic carbocycles. The summed E-state index contributed by atoms with van der Waals surface area (Å²) in [6.07, 6.45) is 8.02. The summed E-state index contributed by atoms with van der Waals surface area (Å²) < 4.78 is 16.8. The maximum Gasteiger partial charge on any atom is 0.203 e. The second kappa shape index (κ2) is 8.78. The van der Waals surface area contributed by atoms with Crippen molar-refractivity contribution in [1.29, 1.82) is 0 Å². The van der Waals surface area contributed by atoms with E-state index in [0.717, 1.165) is 56.0 Å². The van der Waals surface area contributed by atoms with Crippen LogP contribution in [0, 0.1) is 0 Å².